The Labute approximate surface area is 159 Å². The SMILES string of the molecule is COc1cc(C=O)c(SSc2cc(OC)c(OC)cc2C=O)cc1OC. The third-order valence-corrected chi connectivity index (χ3v) is 5.98. The van der Waals surface area contributed by atoms with Crippen LogP contribution in [0.2, 0.25) is 0 Å². The second-order valence-corrected chi connectivity index (χ2v) is 7.11. The van der Waals surface area contributed by atoms with E-state index >= 15 is 0 Å². The van der Waals surface area contributed by atoms with Gasteiger partial charge in [-0.1, -0.05) is 21.6 Å². The minimum Gasteiger partial charge on any atom is -0.493 e. The Kier molecular flexibility index (Phi) is 7.23. The molecule has 0 bridgehead atoms. The van der Waals surface area contributed by atoms with E-state index in [-0.39, 0.29) is 0 Å². The molecule has 0 spiro atoms. The van der Waals surface area contributed by atoms with Gasteiger partial charge in [0.2, 0.25) is 0 Å². The first-order valence-electron chi connectivity index (χ1n) is 7.38. The summed E-state index contributed by atoms with van der Waals surface area (Å²) in [5, 5.41) is 0. The Morgan fingerprint density at radius 3 is 1.19 bits per heavy atom. The molecule has 8 heteroatoms. The molecule has 2 aromatic carbocycles. The van der Waals surface area contributed by atoms with Gasteiger partial charge < -0.3 is 18.9 Å². The number of benzene rings is 2. The van der Waals surface area contributed by atoms with E-state index in [1.165, 1.54) is 50.0 Å². The van der Waals surface area contributed by atoms with E-state index in [4.69, 9.17) is 18.9 Å². The summed E-state index contributed by atoms with van der Waals surface area (Å²) in [7, 11) is 8.73. The van der Waals surface area contributed by atoms with Gasteiger partial charge in [-0.15, -0.1) is 0 Å². The third kappa shape index (κ3) is 4.25. The molecule has 0 atom stereocenters. The van der Waals surface area contributed by atoms with Crippen LogP contribution in [0.1, 0.15) is 20.7 Å². The molecule has 0 amide bonds. The summed E-state index contributed by atoms with van der Waals surface area (Å²) in [5.74, 6) is 1.99. The van der Waals surface area contributed by atoms with Crippen LogP contribution in [-0.2, 0) is 0 Å². The van der Waals surface area contributed by atoms with Crippen LogP contribution in [0, 0.1) is 0 Å². The summed E-state index contributed by atoms with van der Waals surface area (Å²) in [5.41, 5.74) is 0.932. The van der Waals surface area contributed by atoms with Gasteiger partial charge in [0.15, 0.2) is 35.6 Å². The Morgan fingerprint density at radius 1 is 0.615 bits per heavy atom. The number of methoxy groups -OCH3 is 4. The molecular formula is C18H18O6S2. The Morgan fingerprint density at radius 2 is 0.923 bits per heavy atom. The number of aldehydes is 2. The van der Waals surface area contributed by atoms with Crippen molar-refractivity contribution in [3.63, 3.8) is 0 Å². The fourth-order valence-corrected chi connectivity index (χ4v) is 4.47. The van der Waals surface area contributed by atoms with Gasteiger partial charge in [-0.2, -0.15) is 0 Å². The Bertz CT molecular complexity index is 739. The second kappa shape index (κ2) is 9.40. The molecular weight excluding hydrogens is 376 g/mol. The van der Waals surface area contributed by atoms with E-state index in [0.29, 0.717) is 43.9 Å². The van der Waals surface area contributed by atoms with Gasteiger partial charge in [-0.25, -0.2) is 0 Å². The van der Waals surface area contributed by atoms with Crippen LogP contribution >= 0.6 is 21.6 Å². The highest BCUT2D eigenvalue weighted by Crippen LogP contribution is 2.45. The smallest absolute Gasteiger partial charge is 0.161 e. The first-order chi connectivity index (χ1) is 12.6. The number of rotatable bonds is 9. The molecule has 138 valence electrons. The van der Waals surface area contributed by atoms with Gasteiger partial charge in [-0.3, -0.25) is 9.59 Å². The lowest BCUT2D eigenvalue weighted by Gasteiger charge is -2.13. The minimum absolute atomic E-state index is 0.466. The van der Waals surface area contributed by atoms with Crippen LogP contribution < -0.4 is 18.9 Å². The number of hydrogen-bond donors (Lipinski definition) is 0. The van der Waals surface area contributed by atoms with Crippen LogP contribution in [0.25, 0.3) is 0 Å². The van der Waals surface area contributed by atoms with Crippen molar-refractivity contribution in [2.45, 2.75) is 9.79 Å². The number of carbonyl (C=O) groups excluding carboxylic acids is 2. The molecule has 2 rings (SSSR count). The number of ether oxygens (including phenoxy) is 4. The van der Waals surface area contributed by atoms with Crippen molar-refractivity contribution in [3.8, 4) is 23.0 Å². The summed E-state index contributed by atoms with van der Waals surface area (Å²) in [4.78, 5) is 24.2. The maximum absolute atomic E-state index is 11.4. The minimum atomic E-state index is 0.466. The van der Waals surface area contributed by atoms with E-state index in [2.05, 4.69) is 0 Å². The zero-order valence-electron chi connectivity index (χ0n) is 14.7. The molecule has 0 aliphatic rings. The second-order valence-electron chi connectivity index (χ2n) is 4.89. The molecule has 0 saturated heterocycles. The molecule has 0 heterocycles. The average molecular weight is 394 g/mol. The van der Waals surface area contributed by atoms with Gasteiger partial charge in [0, 0.05) is 20.9 Å². The molecule has 0 aromatic heterocycles. The van der Waals surface area contributed by atoms with E-state index in [9.17, 15) is 9.59 Å². The van der Waals surface area contributed by atoms with Crippen LogP contribution in [0.3, 0.4) is 0 Å². The molecule has 0 radical (unpaired) electrons. The van der Waals surface area contributed by atoms with Crippen molar-refractivity contribution in [2.24, 2.45) is 0 Å². The lowest BCUT2D eigenvalue weighted by molar-refractivity contribution is 0.111. The maximum Gasteiger partial charge on any atom is 0.161 e. The van der Waals surface area contributed by atoms with Crippen LogP contribution in [0.5, 0.6) is 23.0 Å². The molecule has 0 aliphatic heterocycles. The summed E-state index contributed by atoms with van der Waals surface area (Å²) in [6, 6.07) is 6.68. The molecule has 6 nitrogen and oxygen atoms in total. The average Bonchev–Trinajstić information content (AvgIpc) is 2.70. The Balaban J connectivity index is 2.36. The van der Waals surface area contributed by atoms with E-state index < -0.39 is 0 Å². The zero-order valence-corrected chi connectivity index (χ0v) is 16.4. The van der Waals surface area contributed by atoms with E-state index in [1.807, 2.05) is 0 Å². The highest BCUT2D eigenvalue weighted by atomic mass is 33.1. The third-order valence-electron chi connectivity index (χ3n) is 3.51. The first-order valence-corrected chi connectivity index (χ1v) is 9.53. The maximum atomic E-state index is 11.4. The molecule has 26 heavy (non-hydrogen) atoms. The topological polar surface area (TPSA) is 71.1 Å². The molecule has 0 N–H and O–H groups in total. The van der Waals surface area contributed by atoms with Crippen molar-refractivity contribution in [1.82, 2.24) is 0 Å². The Hall–Kier alpha value is -2.32. The summed E-state index contributed by atoms with van der Waals surface area (Å²) in [6.45, 7) is 0. The first kappa shape index (κ1) is 20.0. The number of carbonyl (C=O) groups is 2. The zero-order chi connectivity index (χ0) is 19.1. The van der Waals surface area contributed by atoms with Crippen molar-refractivity contribution in [3.05, 3.63) is 35.4 Å². The predicted molar refractivity (Wildman–Crippen MR) is 102 cm³/mol. The van der Waals surface area contributed by atoms with Gasteiger partial charge in [0.1, 0.15) is 0 Å². The van der Waals surface area contributed by atoms with Gasteiger partial charge in [0.05, 0.1) is 28.4 Å². The number of hydrogen-bond acceptors (Lipinski definition) is 8. The van der Waals surface area contributed by atoms with Crippen molar-refractivity contribution in [2.75, 3.05) is 28.4 Å². The van der Waals surface area contributed by atoms with Crippen LogP contribution in [0.15, 0.2) is 34.1 Å². The standard InChI is InChI=1S/C18H18O6S2/c1-21-13-5-11(9-19)17(7-15(13)23-3)25-26-18-8-16(24-4)14(22-2)6-12(18)10-20/h5-10H,1-4H3. The summed E-state index contributed by atoms with van der Waals surface area (Å²) < 4.78 is 21.0. The van der Waals surface area contributed by atoms with Crippen molar-refractivity contribution >= 4 is 34.2 Å². The predicted octanol–water partition coefficient (Wildman–Crippen LogP) is 4.15. The van der Waals surface area contributed by atoms with E-state index in [0.717, 1.165) is 12.6 Å². The van der Waals surface area contributed by atoms with Gasteiger partial charge >= 0.3 is 0 Å². The van der Waals surface area contributed by atoms with E-state index in [1.54, 1.807) is 24.3 Å². The summed E-state index contributed by atoms with van der Waals surface area (Å²) in [6.07, 6.45) is 1.50. The van der Waals surface area contributed by atoms with Crippen molar-refractivity contribution in [1.29, 1.82) is 0 Å². The molecule has 0 fully saturated rings. The lowest BCUT2D eigenvalue weighted by atomic mass is 10.2. The largest absolute Gasteiger partial charge is 0.493 e. The molecule has 0 aliphatic carbocycles. The van der Waals surface area contributed by atoms with Crippen molar-refractivity contribution < 1.29 is 28.5 Å². The normalized spacial score (nSPS) is 10.2. The highest BCUT2D eigenvalue weighted by molar-refractivity contribution is 8.76. The molecule has 0 saturated carbocycles. The highest BCUT2D eigenvalue weighted by Gasteiger charge is 2.15. The molecule has 0 unspecified atom stereocenters. The van der Waals surface area contributed by atoms with Crippen LogP contribution in [-0.4, -0.2) is 41.0 Å². The summed E-state index contributed by atoms with van der Waals surface area (Å²) >= 11 is 0. The monoisotopic (exact) mass is 394 g/mol. The lowest BCUT2D eigenvalue weighted by Crippen LogP contribution is -1.95. The quantitative estimate of drug-likeness (QED) is 0.464. The van der Waals surface area contributed by atoms with Gasteiger partial charge in [-0.05, 0) is 24.3 Å². The fraction of sp³-hybridized carbons (Fsp3) is 0.222. The van der Waals surface area contributed by atoms with Gasteiger partial charge in [0.25, 0.3) is 0 Å². The molecule has 2 aromatic rings. The van der Waals surface area contributed by atoms with Crippen LogP contribution in [0.4, 0.5) is 0 Å². The fourth-order valence-electron chi connectivity index (χ4n) is 2.17.